The molecule has 2 aromatic rings. The van der Waals surface area contributed by atoms with Gasteiger partial charge in [0.05, 0.1) is 12.5 Å². The zero-order valence-electron chi connectivity index (χ0n) is 11.8. The maximum Gasteiger partial charge on any atom is 0.0934 e. The lowest BCUT2D eigenvalue weighted by atomic mass is 9.93. The van der Waals surface area contributed by atoms with Crippen molar-refractivity contribution in [2.75, 3.05) is 13.1 Å². The van der Waals surface area contributed by atoms with Crippen molar-refractivity contribution in [3.63, 3.8) is 0 Å². The molecule has 1 heterocycles. The third kappa shape index (κ3) is 4.56. The van der Waals surface area contributed by atoms with Gasteiger partial charge in [0.2, 0.25) is 0 Å². The van der Waals surface area contributed by atoms with Crippen LogP contribution in [0.4, 0.5) is 0 Å². The Morgan fingerprint density at radius 1 is 1.05 bits per heavy atom. The summed E-state index contributed by atoms with van der Waals surface area (Å²) in [5.41, 5.74) is 2.65. The molecule has 19 heavy (non-hydrogen) atoms. The number of hydrogen-bond acceptors (Lipinski definition) is 2. The summed E-state index contributed by atoms with van der Waals surface area (Å²) in [7, 11) is 0. The minimum absolute atomic E-state index is 0.498. The zero-order valence-corrected chi connectivity index (χ0v) is 11.8. The van der Waals surface area contributed by atoms with Crippen LogP contribution in [-0.4, -0.2) is 13.1 Å². The first-order valence-corrected chi connectivity index (χ1v) is 7.02. The van der Waals surface area contributed by atoms with Crippen LogP contribution < -0.4 is 5.32 Å². The summed E-state index contributed by atoms with van der Waals surface area (Å²) >= 11 is 0. The highest BCUT2D eigenvalue weighted by atomic mass is 16.3. The summed E-state index contributed by atoms with van der Waals surface area (Å²) in [5, 5.41) is 3.57. The monoisotopic (exact) mass is 257 g/mol. The average molecular weight is 257 g/mol. The Labute approximate surface area is 115 Å². The van der Waals surface area contributed by atoms with Gasteiger partial charge in [-0.15, -0.1) is 0 Å². The van der Waals surface area contributed by atoms with Gasteiger partial charge in [-0.1, -0.05) is 44.2 Å². The molecule has 1 unspecified atom stereocenters. The SMILES string of the molecule is CC(C)CNCC(Cc1ccoc1)c1ccccc1. The fourth-order valence-electron chi connectivity index (χ4n) is 2.27. The number of benzene rings is 1. The molecule has 0 amide bonds. The second-order valence-corrected chi connectivity index (χ2v) is 5.50. The van der Waals surface area contributed by atoms with E-state index in [0.29, 0.717) is 11.8 Å². The Morgan fingerprint density at radius 2 is 1.84 bits per heavy atom. The molecule has 102 valence electrons. The largest absolute Gasteiger partial charge is 0.472 e. The van der Waals surface area contributed by atoms with Crippen LogP contribution in [0.25, 0.3) is 0 Å². The van der Waals surface area contributed by atoms with Crippen LogP contribution in [0.1, 0.15) is 30.9 Å². The van der Waals surface area contributed by atoms with Gasteiger partial charge in [-0.3, -0.25) is 0 Å². The van der Waals surface area contributed by atoms with Gasteiger partial charge < -0.3 is 9.73 Å². The summed E-state index contributed by atoms with van der Waals surface area (Å²) < 4.78 is 5.17. The molecule has 2 nitrogen and oxygen atoms in total. The molecule has 0 spiro atoms. The molecule has 0 aliphatic carbocycles. The van der Waals surface area contributed by atoms with E-state index in [1.165, 1.54) is 11.1 Å². The molecule has 0 aliphatic rings. The zero-order chi connectivity index (χ0) is 13.5. The van der Waals surface area contributed by atoms with E-state index < -0.39 is 0 Å². The van der Waals surface area contributed by atoms with E-state index >= 15 is 0 Å². The van der Waals surface area contributed by atoms with E-state index in [9.17, 15) is 0 Å². The van der Waals surface area contributed by atoms with Crippen molar-refractivity contribution in [3.05, 3.63) is 60.1 Å². The van der Waals surface area contributed by atoms with Gasteiger partial charge in [0.25, 0.3) is 0 Å². The molecule has 0 radical (unpaired) electrons. The number of furan rings is 1. The van der Waals surface area contributed by atoms with Crippen molar-refractivity contribution in [2.24, 2.45) is 5.92 Å². The lowest BCUT2D eigenvalue weighted by Gasteiger charge is -2.18. The molecular weight excluding hydrogens is 234 g/mol. The van der Waals surface area contributed by atoms with Gasteiger partial charge in [0.1, 0.15) is 0 Å². The molecule has 1 N–H and O–H groups in total. The second-order valence-electron chi connectivity index (χ2n) is 5.50. The molecule has 1 atom stereocenters. The van der Waals surface area contributed by atoms with Crippen molar-refractivity contribution in [1.29, 1.82) is 0 Å². The standard InChI is InChI=1S/C17H23NO/c1-14(2)11-18-12-17(10-15-8-9-19-13-15)16-6-4-3-5-7-16/h3-9,13-14,17-18H,10-12H2,1-2H3. The normalized spacial score (nSPS) is 12.8. The van der Waals surface area contributed by atoms with Crippen molar-refractivity contribution >= 4 is 0 Å². The molecule has 0 saturated carbocycles. The quantitative estimate of drug-likeness (QED) is 0.815. The van der Waals surface area contributed by atoms with Gasteiger partial charge in [-0.2, -0.15) is 0 Å². The highest BCUT2D eigenvalue weighted by Gasteiger charge is 2.12. The fraction of sp³-hybridized carbons (Fsp3) is 0.412. The number of nitrogens with one attached hydrogen (secondary N) is 1. The molecule has 2 heteroatoms. The first kappa shape index (κ1) is 13.9. The Kier molecular flexibility index (Phi) is 5.22. The lowest BCUT2D eigenvalue weighted by Crippen LogP contribution is -2.26. The molecule has 0 fully saturated rings. The predicted molar refractivity (Wildman–Crippen MR) is 79.3 cm³/mol. The van der Waals surface area contributed by atoms with Crippen molar-refractivity contribution in [1.82, 2.24) is 5.32 Å². The molecule has 0 aliphatic heterocycles. The summed E-state index contributed by atoms with van der Waals surface area (Å²) in [5.74, 6) is 1.18. The van der Waals surface area contributed by atoms with E-state index in [-0.39, 0.29) is 0 Å². The number of hydrogen-bond donors (Lipinski definition) is 1. The molecule has 2 rings (SSSR count). The van der Waals surface area contributed by atoms with Crippen LogP contribution in [-0.2, 0) is 6.42 Å². The van der Waals surface area contributed by atoms with Gasteiger partial charge >= 0.3 is 0 Å². The van der Waals surface area contributed by atoms with E-state index in [2.05, 4.69) is 55.6 Å². The molecular formula is C17H23NO. The molecule has 1 aromatic heterocycles. The Balaban J connectivity index is 2.00. The van der Waals surface area contributed by atoms with Crippen molar-refractivity contribution < 1.29 is 4.42 Å². The lowest BCUT2D eigenvalue weighted by molar-refractivity contribution is 0.511. The summed E-state index contributed by atoms with van der Waals surface area (Å²) in [6.07, 6.45) is 4.61. The number of rotatable bonds is 7. The van der Waals surface area contributed by atoms with Crippen LogP contribution in [0.5, 0.6) is 0 Å². The predicted octanol–water partition coefficient (Wildman–Crippen LogP) is 3.85. The Bertz CT molecular complexity index is 447. The van der Waals surface area contributed by atoms with Crippen LogP contribution in [0.15, 0.2) is 53.3 Å². The van der Waals surface area contributed by atoms with Gasteiger partial charge in [-0.05, 0) is 36.1 Å². The maximum atomic E-state index is 5.17. The molecule has 0 bridgehead atoms. The first-order chi connectivity index (χ1) is 9.25. The van der Waals surface area contributed by atoms with Gasteiger partial charge in [0.15, 0.2) is 0 Å². The molecule has 0 saturated heterocycles. The minimum Gasteiger partial charge on any atom is -0.472 e. The highest BCUT2D eigenvalue weighted by Crippen LogP contribution is 2.20. The van der Waals surface area contributed by atoms with Crippen LogP contribution in [0, 0.1) is 5.92 Å². The van der Waals surface area contributed by atoms with E-state index in [4.69, 9.17) is 4.42 Å². The van der Waals surface area contributed by atoms with E-state index in [1.807, 2.05) is 6.26 Å². The Hall–Kier alpha value is -1.54. The van der Waals surface area contributed by atoms with Gasteiger partial charge in [-0.25, -0.2) is 0 Å². The third-order valence-electron chi connectivity index (χ3n) is 3.28. The summed E-state index contributed by atoms with van der Waals surface area (Å²) in [6, 6.07) is 12.8. The van der Waals surface area contributed by atoms with Crippen LogP contribution in [0.2, 0.25) is 0 Å². The third-order valence-corrected chi connectivity index (χ3v) is 3.28. The highest BCUT2D eigenvalue weighted by molar-refractivity contribution is 5.23. The Morgan fingerprint density at radius 3 is 2.47 bits per heavy atom. The smallest absolute Gasteiger partial charge is 0.0934 e. The first-order valence-electron chi connectivity index (χ1n) is 7.02. The van der Waals surface area contributed by atoms with Crippen molar-refractivity contribution in [2.45, 2.75) is 26.2 Å². The van der Waals surface area contributed by atoms with Gasteiger partial charge in [0, 0.05) is 12.5 Å². The van der Waals surface area contributed by atoms with E-state index in [1.54, 1.807) is 6.26 Å². The topological polar surface area (TPSA) is 25.2 Å². The van der Waals surface area contributed by atoms with Crippen molar-refractivity contribution in [3.8, 4) is 0 Å². The minimum atomic E-state index is 0.498. The summed E-state index contributed by atoms with van der Waals surface area (Å²) in [6.45, 7) is 6.54. The average Bonchev–Trinajstić information content (AvgIpc) is 2.91. The molecule has 1 aromatic carbocycles. The van der Waals surface area contributed by atoms with E-state index in [0.717, 1.165) is 19.5 Å². The summed E-state index contributed by atoms with van der Waals surface area (Å²) in [4.78, 5) is 0. The maximum absolute atomic E-state index is 5.17. The van der Waals surface area contributed by atoms with Crippen LogP contribution >= 0.6 is 0 Å². The van der Waals surface area contributed by atoms with Crippen LogP contribution in [0.3, 0.4) is 0 Å². The fourth-order valence-corrected chi connectivity index (χ4v) is 2.27. The second kappa shape index (κ2) is 7.15.